The molecule has 0 spiro atoms. The Balaban J connectivity index is 1.84. The predicted octanol–water partition coefficient (Wildman–Crippen LogP) is 3.73. The third-order valence-corrected chi connectivity index (χ3v) is 6.35. The standard InChI is InChI=1S/C22H24N2O3S/c1-16-5-9-18(10-6-16)28(26,27)19-11-7-17(8-12-19)14-24-15-23-20(13-21(24)25)22(2,3)4/h5-13,15H,14H2,1-4H3. The zero-order chi connectivity index (χ0) is 20.5. The van der Waals surface area contributed by atoms with E-state index >= 15 is 0 Å². The normalized spacial score (nSPS) is 12.1. The largest absolute Gasteiger partial charge is 0.295 e. The lowest BCUT2D eigenvalue weighted by atomic mass is 9.92. The maximum absolute atomic E-state index is 12.7. The molecule has 0 radical (unpaired) electrons. The summed E-state index contributed by atoms with van der Waals surface area (Å²) in [5, 5.41) is 0. The van der Waals surface area contributed by atoms with Crippen molar-refractivity contribution in [3.63, 3.8) is 0 Å². The molecule has 0 saturated carbocycles. The van der Waals surface area contributed by atoms with Crippen molar-refractivity contribution in [1.29, 1.82) is 0 Å². The van der Waals surface area contributed by atoms with Gasteiger partial charge in [-0.05, 0) is 36.8 Å². The van der Waals surface area contributed by atoms with Gasteiger partial charge in [0.1, 0.15) is 0 Å². The summed E-state index contributed by atoms with van der Waals surface area (Å²) in [5.41, 5.74) is 2.26. The van der Waals surface area contributed by atoms with Crippen LogP contribution in [-0.4, -0.2) is 18.0 Å². The summed E-state index contributed by atoms with van der Waals surface area (Å²) in [6.07, 6.45) is 1.54. The van der Waals surface area contributed by atoms with E-state index in [4.69, 9.17) is 0 Å². The van der Waals surface area contributed by atoms with Crippen LogP contribution in [0.2, 0.25) is 0 Å². The predicted molar refractivity (Wildman–Crippen MR) is 109 cm³/mol. The molecule has 0 fully saturated rings. The lowest BCUT2D eigenvalue weighted by Crippen LogP contribution is -2.25. The van der Waals surface area contributed by atoms with Crippen molar-refractivity contribution < 1.29 is 8.42 Å². The van der Waals surface area contributed by atoms with Gasteiger partial charge in [0.05, 0.1) is 28.4 Å². The van der Waals surface area contributed by atoms with Gasteiger partial charge in [0.15, 0.2) is 0 Å². The highest BCUT2D eigenvalue weighted by molar-refractivity contribution is 7.91. The number of aromatic nitrogens is 2. The molecule has 0 bridgehead atoms. The maximum atomic E-state index is 12.7. The molecule has 2 aromatic carbocycles. The Morgan fingerprint density at radius 1 is 0.929 bits per heavy atom. The maximum Gasteiger partial charge on any atom is 0.253 e. The molecular formula is C22H24N2O3S. The van der Waals surface area contributed by atoms with E-state index in [2.05, 4.69) is 4.98 Å². The number of sulfone groups is 1. The van der Waals surface area contributed by atoms with Crippen LogP contribution in [0, 0.1) is 6.92 Å². The summed E-state index contributed by atoms with van der Waals surface area (Å²) < 4.78 is 27.0. The molecule has 0 aliphatic carbocycles. The lowest BCUT2D eigenvalue weighted by molar-refractivity contribution is 0.557. The number of hydrogen-bond acceptors (Lipinski definition) is 4. The second-order valence-electron chi connectivity index (χ2n) is 7.95. The topological polar surface area (TPSA) is 69.0 Å². The molecule has 0 amide bonds. The van der Waals surface area contributed by atoms with Gasteiger partial charge in [0.25, 0.3) is 5.56 Å². The molecule has 1 heterocycles. The Morgan fingerprint density at radius 2 is 1.46 bits per heavy atom. The Hall–Kier alpha value is -2.73. The van der Waals surface area contributed by atoms with E-state index in [-0.39, 0.29) is 20.8 Å². The molecule has 0 saturated heterocycles. The van der Waals surface area contributed by atoms with Gasteiger partial charge in [-0.1, -0.05) is 50.6 Å². The Bertz CT molecular complexity index is 1140. The van der Waals surface area contributed by atoms with Crippen molar-refractivity contribution in [2.75, 3.05) is 0 Å². The summed E-state index contributed by atoms with van der Waals surface area (Å²) in [4.78, 5) is 17.2. The van der Waals surface area contributed by atoms with Crippen molar-refractivity contribution in [3.05, 3.63) is 88.1 Å². The third kappa shape index (κ3) is 4.22. The first-order valence-corrected chi connectivity index (χ1v) is 10.5. The van der Waals surface area contributed by atoms with Crippen molar-refractivity contribution in [2.24, 2.45) is 0 Å². The van der Waals surface area contributed by atoms with E-state index in [1.54, 1.807) is 60.9 Å². The van der Waals surface area contributed by atoms with Crippen LogP contribution >= 0.6 is 0 Å². The molecule has 0 aliphatic heterocycles. The number of hydrogen-bond donors (Lipinski definition) is 0. The third-order valence-electron chi connectivity index (χ3n) is 4.57. The Morgan fingerprint density at radius 3 is 1.96 bits per heavy atom. The first-order chi connectivity index (χ1) is 13.1. The van der Waals surface area contributed by atoms with Gasteiger partial charge in [-0.2, -0.15) is 0 Å². The van der Waals surface area contributed by atoms with Crippen molar-refractivity contribution >= 4 is 9.84 Å². The van der Waals surface area contributed by atoms with Gasteiger partial charge in [-0.25, -0.2) is 13.4 Å². The second-order valence-corrected chi connectivity index (χ2v) is 9.90. The summed E-state index contributed by atoms with van der Waals surface area (Å²) in [6.45, 7) is 8.27. The molecular weight excluding hydrogens is 372 g/mol. The molecule has 28 heavy (non-hydrogen) atoms. The van der Waals surface area contributed by atoms with E-state index in [0.717, 1.165) is 16.8 Å². The smallest absolute Gasteiger partial charge is 0.253 e. The fraction of sp³-hybridized carbons (Fsp3) is 0.273. The van der Waals surface area contributed by atoms with Crippen LogP contribution in [-0.2, 0) is 21.8 Å². The highest BCUT2D eigenvalue weighted by Crippen LogP contribution is 2.22. The van der Waals surface area contributed by atoms with E-state index in [9.17, 15) is 13.2 Å². The quantitative estimate of drug-likeness (QED) is 0.674. The fourth-order valence-corrected chi connectivity index (χ4v) is 4.04. The molecule has 0 unspecified atom stereocenters. The van der Waals surface area contributed by atoms with E-state index in [0.29, 0.717) is 6.54 Å². The first kappa shape index (κ1) is 20.0. The average molecular weight is 397 g/mol. The van der Waals surface area contributed by atoms with Gasteiger partial charge >= 0.3 is 0 Å². The van der Waals surface area contributed by atoms with Crippen molar-refractivity contribution in [2.45, 2.75) is 49.4 Å². The number of aryl methyl sites for hydroxylation is 1. The van der Waals surface area contributed by atoms with Crippen LogP contribution in [0.25, 0.3) is 0 Å². The molecule has 0 atom stereocenters. The van der Waals surface area contributed by atoms with Crippen LogP contribution in [0.4, 0.5) is 0 Å². The van der Waals surface area contributed by atoms with Crippen LogP contribution in [0.3, 0.4) is 0 Å². The average Bonchev–Trinajstić information content (AvgIpc) is 2.63. The van der Waals surface area contributed by atoms with Gasteiger partial charge in [0, 0.05) is 11.5 Å². The van der Waals surface area contributed by atoms with Gasteiger partial charge in [0.2, 0.25) is 9.84 Å². The molecule has 0 aliphatic rings. The Kier molecular flexibility index (Phi) is 5.26. The Labute approximate surface area is 165 Å². The summed E-state index contributed by atoms with van der Waals surface area (Å²) in [6, 6.07) is 14.9. The highest BCUT2D eigenvalue weighted by Gasteiger charge is 2.18. The number of benzene rings is 2. The monoisotopic (exact) mass is 396 g/mol. The van der Waals surface area contributed by atoms with Crippen LogP contribution < -0.4 is 5.56 Å². The van der Waals surface area contributed by atoms with Crippen LogP contribution in [0.1, 0.15) is 37.6 Å². The van der Waals surface area contributed by atoms with E-state index in [1.165, 1.54) is 4.57 Å². The molecule has 3 aromatic rings. The van der Waals surface area contributed by atoms with Gasteiger partial charge in [-0.15, -0.1) is 0 Å². The van der Waals surface area contributed by atoms with Crippen molar-refractivity contribution in [3.8, 4) is 0 Å². The zero-order valence-corrected chi connectivity index (χ0v) is 17.3. The van der Waals surface area contributed by atoms with E-state index in [1.807, 2.05) is 27.7 Å². The molecule has 6 heteroatoms. The summed E-state index contributed by atoms with van der Waals surface area (Å²) in [7, 11) is -3.56. The summed E-state index contributed by atoms with van der Waals surface area (Å²) >= 11 is 0. The fourth-order valence-electron chi connectivity index (χ4n) is 2.78. The zero-order valence-electron chi connectivity index (χ0n) is 16.5. The minimum absolute atomic E-state index is 0.128. The molecule has 5 nitrogen and oxygen atoms in total. The number of nitrogens with zero attached hydrogens (tertiary/aromatic N) is 2. The first-order valence-electron chi connectivity index (χ1n) is 9.05. The van der Waals surface area contributed by atoms with E-state index < -0.39 is 9.84 Å². The molecule has 1 aromatic heterocycles. The minimum atomic E-state index is -3.56. The summed E-state index contributed by atoms with van der Waals surface area (Å²) in [5.74, 6) is 0. The minimum Gasteiger partial charge on any atom is -0.295 e. The molecule has 146 valence electrons. The van der Waals surface area contributed by atoms with Crippen LogP contribution in [0.15, 0.2) is 75.5 Å². The van der Waals surface area contributed by atoms with Crippen LogP contribution in [0.5, 0.6) is 0 Å². The lowest BCUT2D eigenvalue weighted by Gasteiger charge is -2.17. The van der Waals surface area contributed by atoms with Gasteiger partial charge in [-0.3, -0.25) is 9.36 Å². The number of rotatable bonds is 4. The SMILES string of the molecule is Cc1ccc(S(=O)(=O)c2ccc(Cn3cnc(C(C)(C)C)cc3=O)cc2)cc1. The molecule has 3 rings (SSSR count). The highest BCUT2D eigenvalue weighted by atomic mass is 32.2. The van der Waals surface area contributed by atoms with Gasteiger partial charge < -0.3 is 0 Å². The molecule has 0 N–H and O–H groups in total. The second kappa shape index (κ2) is 7.36. The van der Waals surface area contributed by atoms with Crippen molar-refractivity contribution in [1.82, 2.24) is 9.55 Å².